The van der Waals surface area contributed by atoms with E-state index >= 15 is 0 Å². The molecule has 148 valence electrons. The molecule has 2 rings (SSSR count). The van der Waals surface area contributed by atoms with E-state index in [1.165, 1.54) is 25.9 Å². The van der Waals surface area contributed by atoms with Crippen molar-refractivity contribution in [2.75, 3.05) is 19.8 Å². The highest BCUT2D eigenvalue weighted by atomic mass is 32.2. The van der Waals surface area contributed by atoms with Crippen LogP contribution in [0.15, 0.2) is 34.3 Å². The summed E-state index contributed by atoms with van der Waals surface area (Å²) in [5.74, 6) is 1.08. The van der Waals surface area contributed by atoms with E-state index in [-0.39, 0.29) is 29.0 Å². The Hall–Kier alpha value is -1.91. The second kappa shape index (κ2) is 8.85. The maximum absolute atomic E-state index is 12.4. The van der Waals surface area contributed by atoms with E-state index in [0.29, 0.717) is 10.7 Å². The van der Waals surface area contributed by atoms with Gasteiger partial charge in [-0.3, -0.25) is 4.79 Å². The van der Waals surface area contributed by atoms with E-state index in [1.54, 1.807) is 24.3 Å². The lowest BCUT2D eigenvalue weighted by molar-refractivity contribution is -0.118. The molecule has 8 nitrogen and oxygen atoms in total. The number of carbonyl (C=O) groups is 1. The number of rotatable bonds is 8. The molecule has 0 aliphatic rings. The predicted octanol–water partition coefficient (Wildman–Crippen LogP) is 1.60. The van der Waals surface area contributed by atoms with Crippen molar-refractivity contribution in [2.24, 2.45) is 7.05 Å². The number of hydrogen-bond donors (Lipinski definition) is 1. The molecule has 0 aliphatic heterocycles. The van der Waals surface area contributed by atoms with Crippen LogP contribution in [0.4, 0.5) is 0 Å². The lowest BCUT2D eigenvalue weighted by Crippen LogP contribution is -2.28. The van der Waals surface area contributed by atoms with Crippen LogP contribution >= 0.6 is 11.8 Å². The molecular formula is C17H25N5O3S2. The molecule has 0 fully saturated rings. The fraction of sp³-hybridized carbons (Fsp3) is 0.471. The third kappa shape index (κ3) is 5.08. The zero-order chi connectivity index (χ0) is 20.2. The molecule has 0 atom stereocenters. The molecule has 0 radical (unpaired) electrons. The van der Waals surface area contributed by atoms with Gasteiger partial charge in [0.2, 0.25) is 15.9 Å². The van der Waals surface area contributed by atoms with E-state index < -0.39 is 10.0 Å². The monoisotopic (exact) mass is 411 g/mol. The van der Waals surface area contributed by atoms with Gasteiger partial charge in [0, 0.05) is 33.6 Å². The quantitative estimate of drug-likeness (QED) is 0.663. The second-order valence-corrected chi connectivity index (χ2v) is 9.58. The number of amides is 1. The second-order valence-electron chi connectivity index (χ2n) is 6.52. The average molecular weight is 412 g/mol. The summed E-state index contributed by atoms with van der Waals surface area (Å²) in [4.78, 5) is 12.4. The minimum absolute atomic E-state index is 0.138. The molecule has 0 saturated heterocycles. The molecule has 10 heteroatoms. The lowest BCUT2D eigenvalue weighted by atomic mass is 10.2. The van der Waals surface area contributed by atoms with E-state index in [4.69, 9.17) is 0 Å². The summed E-state index contributed by atoms with van der Waals surface area (Å²) >= 11 is 1.29. The first-order valence-corrected chi connectivity index (χ1v) is 10.9. The fourth-order valence-electron chi connectivity index (χ4n) is 2.43. The Labute approximate surface area is 164 Å². The zero-order valence-electron chi connectivity index (χ0n) is 16.1. The molecule has 27 heavy (non-hydrogen) atoms. The van der Waals surface area contributed by atoms with Crippen LogP contribution in [0.5, 0.6) is 0 Å². The first kappa shape index (κ1) is 21.4. The van der Waals surface area contributed by atoms with Gasteiger partial charge in [-0.2, -0.15) is 0 Å². The number of thioether (sulfide) groups is 1. The molecule has 1 aromatic heterocycles. The molecule has 0 aliphatic carbocycles. The van der Waals surface area contributed by atoms with Crippen molar-refractivity contribution in [3.63, 3.8) is 0 Å². The summed E-state index contributed by atoms with van der Waals surface area (Å²) in [5, 5.41) is 11.7. The normalized spacial score (nSPS) is 12.0. The molecule has 0 saturated carbocycles. The number of benzene rings is 1. The smallest absolute Gasteiger partial charge is 0.242 e. The Morgan fingerprint density at radius 3 is 2.52 bits per heavy atom. The van der Waals surface area contributed by atoms with Gasteiger partial charge in [-0.25, -0.2) is 12.7 Å². The van der Waals surface area contributed by atoms with Crippen molar-refractivity contribution >= 4 is 27.7 Å². The third-order valence-corrected chi connectivity index (χ3v) is 6.86. The molecular weight excluding hydrogens is 386 g/mol. The molecule has 1 N–H and O–H groups in total. The van der Waals surface area contributed by atoms with E-state index in [2.05, 4.69) is 15.5 Å². The van der Waals surface area contributed by atoms with Gasteiger partial charge in [0.15, 0.2) is 5.16 Å². The molecule has 1 aromatic carbocycles. The van der Waals surface area contributed by atoms with Crippen LogP contribution in [-0.4, -0.2) is 53.2 Å². The first-order valence-electron chi connectivity index (χ1n) is 8.43. The molecule has 2 aromatic rings. The summed E-state index contributed by atoms with van der Waals surface area (Å²) in [6.45, 7) is 4.20. The van der Waals surface area contributed by atoms with Crippen LogP contribution in [0.25, 0.3) is 0 Å². The fourth-order valence-corrected chi connectivity index (χ4v) is 4.29. The number of carbonyl (C=O) groups excluding carboxylic acids is 1. The number of sulfonamides is 1. The summed E-state index contributed by atoms with van der Waals surface area (Å²) in [7, 11) is 1.27. The third-order valence-electron chi connectivity index (χ3n) is 3.92. The predicted molar refractivity (Wildman–Crippen MR) is 105 cm³/mol. The SMILES string of the molecule is CC(C)c1nnc(SCC(=O)NCc2ccccc2S(=O)(=O)N(C)C)n1C. The average Bonchev–Trinajstić information content (AvgIpc) is 2.99. The molecule has 0 bridgehead atoms. The maximum atomic E-state index is 12.4. The Morgan fingerprint density at radius 2 is 1.93 bits per heavy atom. The van der Waals surface area contributed by atoms with Crippen molar-refractivity contribution in [3.05, 3.63) is 35.7 Å². The number of nitrogens with one attached hydrogen (secondary N) is 1. The summed E-state index contributed by atoms with van der Waals surface area (Å²) in [6.07, 6.45) is 0. The Bertz CT molecular complexity index is 907. The van der Waals surface area contributed by atoms with Crippen LogP contribution in [0.3, 0.4) is 0 Å². The maximum Gasteiger partial charge on any atom is 0.242 e. The van der Waals surface area contributed by atoms with Gasteiger partial charge in [-0.1, -0.05) is 43.8 Å². The van der Waals surface area contributed by atoms with Crippen molar-refractivity contribution in [1.29, 1.82) is 0 Å². The van der Waals surface area contributed by atoms with Gasteiger partial charge in [0.05, 0.1) is 10.6 Å². The van der Waals surface area contributed by atoms with Crippen molar-refractivity contribution in [1.82, 2.24) is 24.4 Å². The van der Waals surface area contributed by atoms with Crippen LogP contribution in [0, 0.1) is 0 Å². The molecule has 0 spiro atoms. The van der Waals surface area contributed by atoms with Crippen molar-refractivity contribution < 1.29 is 13.2 Å². The highest BCUT2D eigenvalue weighted by molar-refractivity contribution is 7.99. The van der Waals surface area contributed by atoms with Crippen molar-refractivity contribution in [3.8, 4) is 0 Å². The Morgan fingerprint density at radius 1 is 1.26 bits per heavy atom. The highest BCUT2D eigenvalue weighted by Crippen LogP contribution is 2.20. The molecule has 1 amide bonds. The van der Waals surface area contributed by atoms with Gasteiger partial charge in [0.1, 0.15) is 5.82 Å². The Balaban J connectivity index is 1.99. The van der Waals surface area contributed by atoms with Crippen LogP contribution in [0.2, 0.25) is 0 Å². The van der Waals surface area contributed by atoms with Gasteiger partial charge in [0.25, 0.3) is 0 Å². The molecule has 0 unspecified atom stereocenters. The van der Waals surface area contributed by atoms with Crippen LogP contribution < -0.4 is 5.32 Å². The Kier molecular flexibility index (Phi) is 7.01. The topological polar surface area (TPSA) is 97.2 Å². The summed E-state index contributed by atoms with van der Waals surface area (Å²) in [5.41, 5.74) is 0.547. The lowest BCUT2D eigenvalue weighted by Gasteiger charge is -2.15. The molecule has 1 heterocycles. The van der Waals surface area contributed by atoms with Crippen LogP contribution in [-0.2, 0) is 28.4 Å². The van der Waals surface area contributed by atoms with Crippen molar-refractivity contribution in [2.45, 2.75) is 36.4 Å². The summed E-state index contributed by atoms with van der Waals surface area (Å²) in [6, 6.07) is 6.65. The largest absolute Gasteiger partial charge is 0.351 e. The van der Waals surface area contributed by atoms with Crippen LogP contribution in [0.1, 0.15) is 31.2 Å². The minimum atomic E-state index is -3.57. The number of aromatic nitrogens is 3. The van der Waals surface area contributed by atoms with E-state index in [9.17, 15) is 13.2 Å². The summed E-state index contributed by atoms with van der Waals surface area (Å²) < 4.78 is 27.8. The zero-order valence-corrected chi connectivity index (χ0v) is 17.8. The number of nitrogens with zero attached hydrogens (tertiary/aromatic N) is 4. The highest BCUT2D eigenvalue weighted by Gasteiger charge is 2.21. The minimum Gasteiger partial charge on any atom is -0.351 e. The van der Waals surface area contributed by atoms with Gasteiger partial charge in [-0.15, -0.1) is 10.2 Å². The standard InChI is InChI=1S/C17H25N5O3S2/c1-12(2)16-19-20-17(22(16)5)26-11-15(23)18-10-13-8-6-7-9-14(13)27(24,25)21(3)4/h6-9,12H,10-11H2,1-5H3,(H,18,23). The van der Waals surface area contributed by atoms with E-state index in [0.717, 1.165) is 10.1 Å². The van der Waals surface area contributed by atoms with Gasteiger partial charge in [-0.05, 0) is 11.6 Å². The van der Waals surface area contributed by atoms with Gasteiger partial charge >= 0.3 is 0 Å². The van der Waals surface area contributed by atoms with E-state index in [1.807, 2.05) is 25.5 Å². The number of hydrogen-bond acceptors (Lipinski definition) is 6. The van der Waals surface area contributed by atoms with Gasteiger partial charge < -0.3 is 9.88 Å². The first-order chi connectivity index (χ1) is 12.6.